The topological polar surface area (TPSA) is 214 Å². The third-order valence-corrected chi connectivity index (χ3v) is 5.05. The summed E-state index contributed by atoms with van der Waals surface area (Å²) >= 11 is 0. The van der Waals surface area contributed by atoms with Crippen molar-refractivity contribution in [1.29, 1.82) is 0 Å². The van der Waals surface area contributed by atoms with Gasteiger partial charge in [0.2, 0.25) is 5.91 Å². The van der Waals surface area contributed by atoms with E-state index in [1.54, 1.807) is 0 Å². The second kappa shape index (κ2) is 11.4. The molecule has 1 amide bonds. The average Bonchev–Trinajstić information content (AvgIpc) is 2.71. The molecule has 6 unspecified atom stereocenters. The first-order chi connectivity index (χ1) is 14.7. The van der Waals surface area contributed by atoms with Crippen LogP contribution in [0.1, 0.15) is 6.92 Å². The van der Waals surface area contributed by atoms with E-state index in [-0.39, 0.29) is 6.61 Å². The molecule has 0 spiro atoms. The number of aliphatic hydroxyl groups is 5. The van der Waals surface area contributed by atoms with Crippen LogP contribution in [-0.4, -0.2) is 131 Å². The lowest BCUT2D eigenvalue weighted by molar-refractivity contribution is -0.334. The Balaban J connectivity index is 2.31. The number of amides is 1. The van der Waals surface area contributed by atoms with Gasteiger partial charge in [0.15, 0.2) is 12.4 Å². The Kier molecular flexibility index (Phi) is 9.50. The number of rotatable bonds is 9. The van der Waals surface area contributed by atoms with Gasteiger partial charge in [0, 0.05) is 14.0 Å². The molecule has 2 aliphatic rings. The maximum Gasteiger partial charge on any atom is 0.335 e. The van der Waals surface area contributed by atoms with Crippen LogP contribution in [-0.2, 0) is 33.3 Å². The highest BCUT2D eigenvalue weighted by molar-refractivity contribution is 5.74. The summed E-state index contributed by atoms with van der Waals surface area (Å²) in [6, 6.07) is -1.04. The summed E-state index contributed by atoms with van der Waals surface area (Å²) in [4.78, 5) is 23.2. The van der Waals surface area contributed by atoms with Crippen LogP contribution in [0.3, 0.4) is 0 Å². The van der Waals surface area contributed by atoms with Gasteiger partial charge in [-0.15, -0.1) is 0 Å². The van der Waals surface area contributed by atoms with Crippen LogP contribution in [0.5, 0.6) is 0 Å². The van der Waals surface area contributed by atoms with Crippen LogP contribution in [0, 0.1) is 0 Å². The molecular weight excluding hydrogens is 426 g/mol. The van der Waals surface area contributed by atoms with E-state index in [4.69, 9.17) is 28.8 Å². The van der Waals surface area contributed by atoms with Crippen LogP contribution < -0.4 is 5.32 Å². The van der Waals surface area contributed by atoms with Crippen LogP contribution in [0.25, 0.3) is 0 Å². The zero-order valence-corrected chi connectivity index (χ0v) is 16.9. The zero-order valence-electron chi connectivity index (χ0n) is 16.9. The molecule has 0 saturated carbocycles. The smallest absolute Gasteiger partial charge is 0.335 e. The number of aliphatic hydroxyl groups excluding tert-OH is 5. The summed E-state index contributed by atoms with van der Waals surface area (Å²) in [5, 5.41) is 61.6. The fourth-order valence-corrected chi connectivity index (χ4v) is 3.63. The van der Waals surface area contributed by atoms with Crippen molar-refractivity contribution >= 4 is 11.9 Å². The first-order valence-corrected chi connectivity index (χ1v) is 9.48. The second-order valence-electron chi connectivity index (χ2n) is 7.17. The molecule has 0 aromatic heterocycles. The Morgan fingerprint density at radius 1 is 1.00 bits per heavy atom. The number of carboxylic acid groups (broad SMARTS) is 1. The maximum atomic E-state index is 11.7. The van der Waals surface area contributed by atoms with E-state index in [1.807, 2.05) is 0 Å². The molecule has 2 heterocycles. The number of carbonyl (C=O) groups is 2. The van der Waals surface area contributed by atoms with E-state index in [1.165, 1.54) is 14.0 Å². The molecule has 180 valence electrons. The standard InChI is InChI=1S/C17H29NO13/c1-6(21)18-9-8(4-27-2)29-7(3-19)10(22)13(9)30-17-12(24)11(23)14(28-5-20)15(31-17)16(25)26/h7-15,17,19-20,22-24H,3-5H2,1-2H3,(H,18,21)(H,25,26)/t7?,8?,9-,10-,11?,12+,13?,14+,15?,17?/m1/s1. The lowest BCUT2D eigenvalue weighted by Gasteiger charge is -2.47. The summed E-state index contributed by atoms with van der Waals surface area (Å²) < 4.78 is 26.3. The molecule has 0 aromatic rings. The van der Waals surface area contributed by atoms with Gasteiger partial charge in [-0.2, -0.15) is 0 Å². The van der Waals surface area contributed by atoms with E-state index >= 15 is 0 Å². The summed E-state index contributed by atoms with van der Waals surface area (Å²) in [5.74, 6) is -2.07. The third-order valence-electron chi connectivity index (χ3n) is 5.05. The van der Waals surface area contributed by atoms with Crippen LogP contribution >= 0.6 is 0 Å². The molecule has 0 aliphatic carbocycles. The van der Waals surface area contributed by atoms with Gasteiger partial charge < -0.3 is 59.6 Å². The van der Waals surface area contributed by atoms with Crippen molar-refractivity contribution in [2.24, 2.45) is 0 Å². The summed E-state index contributed by atoms with van der Waals surface area (Å²) in [6.07, 6.45) is -13.8. The highest BCUT2D eigenvalue weighted by Gasteiger charge is 2.53. The monoisotopic (exact) mass is 455 g/mol. The molecule has 7 N–H and O–H groups in total. The van der Waals surface area contributed by atoms with E-state index in [0.717, 1.165) is 0 Å². The van der Waals surface area contributed by atoms with Crippen LogP contribution in [0.15, 0.2) is 0 Å². The number of aliphatic carboxylic acids is 1. The SMILES string of the molecule is COCC1OC(CO)[C@@H](O)C(OC2OC(C(=O)O)[C@@H](OCO)C(O)[C@@H]2O)[C@@H]1NC(C)=O. The Labute approximate surface area is 177 Å². The minimum atomic E-state index is -1.84. The van der Waals surface area contributed by atoms with Gasteiger partial charge >= 0.3 is 5.97 Å². The molecule has 31 heavy (non-hydrogen) atoms. The van der Waals surface area contributed by atoms with Crippen LogP contribution in [0.4, 0.5) is 0 Å². The zero-order chi connectivity index (χ0) is 23.3. The predicted molar refractivity (Wildman–Crippen MR) is 96.4 cm³/mol. The van der Waals surface area contributed by atoms with Gasteiger partial charge in [0.25, 0.3) is 0 Å². The van der Waals surface area contributed by atoms with Gasteiger partial charge in [-0.05, 0) is 0 Å². The normalized spacial score (nSPS) is 41.0. The highest BCUT2D eigenvalue weighted by Crippen LogP contribution is 2.30. The second-order valence-corrected chi connectivity index (χ2v) is 7.17. The van der Waals surface area contributed by atoms with Gasteiger partial charge in [0.1, 0.15) is 49.5 Å². The largest absolute Gasteiger partial charge is 0.479 e. The molecule has 10 atom stereocenters. The fraction of sp³-hybridized carbons (Fsp3) is 0.882. The Bertz CT molecular complexity index is 607. The lowest BCUT2D eigenvalue weighted by Crippen LogP contribution is -2.68. The molecule has 14 heteroatoms. The minimum Gasteiger partial charge on any atom is -0.479 e. The molecule has 0 aromatic carbocycles. The van der Waals surface area contributed by atoms with E-state index in [2.05, 4.69) is 5.32 Å². The van der Waals surface area contributed by atoms with E-state index in [0.29, 0.717) is 0 Å². The molecule has 2 rings (SSSR count). The molecule has 0 radical (unpaired) electrons. The summed E-state index contributed by atoms with van der Waals surface area (Å²) in [5.41, 5.74) is 0. The van der Waals surface area contributed by atoms with Crippen molar-refractivity contribution in [2.45, 2.75) is 68.1 Å². The van der Waals surface area contributed by atoms with Gasteiger partial charge in [-0.25, -0.2) is 4.79 Å². The molecule has 2 fully saturated rings. The molecule has 2 saturated heterocycles. The number of ether oxygens (including phenoxy) is 5. The van der Waals surface area contributed by atoms with Gasteiger partial charge in [-0.3, -0.25) is 4.79 Å². The number of hydrogen-bond donors (Lipinski definition) is 7. The predicted octanol–water partition coefficient (Wildman–Crippen LogP) is -4.49. The third kappa shape index (κ3) is 5.87. The van der Waals surface area contributed by atoms with Crippen molar-refractivity contribution in [2.75, 3.05) is 27.1 Å². The Morgan fingerprint density at radius 2 is 1.68 bits per heavy atom. The summed E-state index contributed by atoms with van der Waals surface area (Å²) in [6.45, 7) is -0.407. The van der Waals surface area contributed by atoms with Crippen LogP contribution in [0.2, 0.25) is 0 Å². The van der Waals surface area contributed by atoms with Crippen molar-refractivity contribution < 1.29 is 63.9 Å². The van der Waals surface area contributed by atoms with Crippen molar-refractivity contribution in [1.82, 2.24) is 5.32 Å². The van der Waals surface area contributed by atoms with Crippen molar-refractivity contribution in [3.05, 3.63) is 0 Å². The first-order valence-electron chi connectivity index (χ1n) is 9.48. The van der Waals surface area contributed by atoms with Gasteiger partial charge in [-0.1, -0.05) is 0 Å². The number of hydrogen-bond acceptors (Lipinski definition) is 12. The quantitative estimate of drug-likeness (QED) is 0.163. The molecule has 14 nitrogen and oxygen atoms in total. The Morgan fingerprint density at radius 3 is 2.19 bits per heavy atom. The highest BCUT2D eigenvalue weighted by atomic mass is 16.7. The number of carboxylic acids is 1. The first kappa shape index (κ1) is 25.8. The van der Waals surface area contributed by atoms with Gasteiger partial charge in [0.05, 0.1) is 19.3 Å². The molecular formula is C17H29NO13. The van der Waals surface area contributed by atoms with Crippen molar-refractivity contribution in [3.8, 4) is 0 Å². The number of methoxy groups -OCH3 is 1. The molecule has 0 bridgehead atoms. The van der Waals surface area contributed by atoms with E-state index < -0.39 is 86.4 Å². The Hall–Kier alpha value is -1.46. The fourth-order valence-electron chi connectivity index (χ4n) is 3.63. The number of nitrogens with one attached hydrogen (secondary N) is 1. The van der Waals surface area contributed by atoms with E-state index in [9.17, 15) is 35.1 Å². The average molecular weight is 455 g/mol. The summed E-state index contributed by atoms with van der Waals surface area (Å²) in [7, 11) is 1.37. The minimum absolute atomic E-state index is 0.0606. The number of carbonyl (C=O) groups excluding carboxylic acids is 1. The van der Waals surface area contributed by atoms with Crippen molar-refractivity contribution in [3.63, 3.8) is 0 Å². The lowest BCUT2D eigenvalue weighted by atomic mass is 9.92. The molecule has 2 aliphatic heterocycles. The maximum absolute atomic E-state index is 11.7.